The Bertz CT molecular complexity index is 626. The van der Waals surface area contributed by atoms with Crippen LogP contribution in [0, 0.1) is 0 Å². The van der Waals surface area contributed by atoms with E-state index in [9.17, 15) is 9.59 Å². The molecule has 2 aromatic carbocycles. The van der Waals surface area contributed by atoms with Crippen molar-refractivity contribution in [1.29, 1.82) is 0 Å². The largest absolute Gasteiger partial charge is 0.469 e. The van der Waals surface area contributed by atoms with Crippen molar-refractivity contribution in [2.75, 3.05) is 17.7 Å². The predicted molar refractivity (Wildman–Crippen MR) is 81.2 cm³/mol. The monoisotopic (exact) mass is 284 g/mol. The normalized spacial score (nSPS) is 9.76. The number of methoxy groups -OCH3 is 1. The maximum absolute atomic E-state index is 12.0. The molecule has 5 nitrogen and oxygen atoms in total. The average molecular weight is 284 g/mol. The van der Waals surface area contributed by atoms with E-state index in [0.29, 0.717) is 16.9 Å². The van der Waals surface area contributed by atoms with E-state index in [2.05, 4.69) is 15.4 Å². The second-order valence-electron chi connectivity index (χ2n) is 4.36. The highest BCUT2D eigenvalue weighted by Gasteiger charge is 2.10. The number of rotatable bonds is 4. The molecule has 2 N–H and O–H groups in total. The summed E-state index contributed by atoms with van der Waals surface area (Å²) in [5, 5.41) is 5.45. The highest BCUT2D eigenvalue weighted by atomic mass is 16.5. The fourth-order valence-corrected chi connectivity index (χ4v) is 1.83. The Labute approximate surface area is 122 Å². The Morgan fingerprint density at radius 2 is 1.62 bits per heavy atom. The minimum Gasteiger partial charge on any atom is -0.469 e. The molecule has 2 rings (SSSR count). The van der Waals surface area contributed by atoms with Gasteiger partial charge >= 0.3 is 12.0 Å². The number of benzene rings is 2. The highest BCUT2D eigenvalue weighted by Crippen LogP contribution is 2.16. The second-order valence-corrected chi connectivity index (χ2v) is 4.36. The average Bonchev–Trinajstić information content (AvgIpc) is 2.50. The van der Waals surface area contributed by atoms with Crippen molar-refractivity contribution in [2.45, 2.75) is 6.42 Å². The topological polar surface area (TPSA) is 67.4 Å². The quantitative estimate of drug-likeness (QED) is 0.848. The number of nitrogens with one attached hydrogen (secondary N) is 2. The molecule has 108 valence electrons. The van der Waals surface area contributed by atoms with Crippen molar-refractivity contribution in [3.8, 4) is 0 Å². The molecular formula is C16H16N2O3. The predicted octanol–water partition coefficient (Wildman–Crippen LogP) is 3.05. The minimum atomic E-state index is -0.362. The lowest BCUT2D eigenvalue weighted by Gasteiger charge is -2.11. The van der Waals surface area contributed by atoms with Gasteiger partial charge in [-0.2, -0.15) is 0 Å². The Hall–Kier alpha value is -2.82. The first-order valence-corrected chi connectivity index (χ1v) is 6.47. The van der Waals surface area contributed by atoms with Crippen molar-refractivity contribution in [3.63, 3.8) is 0 Å². The lowest BCUT2D eigenvalue weighted by Crippen LogP contribution is -2.20. The summed E-state index contributed by atoms with van der Waals surface area (Å²) in [5.41, 5.74) is 1.98. The van der Waals surface area contributed by atoms with Crippen molar-refractivity contribution >= 4 is 23.4 Å². The summed E-state index contributed by atoms with van der Waals surface area (Å²) < 4.78 is 4.64. The first-order valence-electron chi connectivity index (χ1n) is 6.47. The third-order valence-corrected chi connectivity index (χ3v) is 2.86. The molecule has 0 unspecified atom stereocenters. The summed E-state index contributed by atoms with van der Waals surface area (Å²) in [7, 11) is 1.33. The first-order chi connectivity index (χ1) is 10.2. The maximum atomic E-state index is 12.0. The van der Waals surface area contributed by atoms with Crippen LogP contribution in [0.15, 0.2) is 54.6 Å². The summed E-state index contributed by atoms with van der Waals surface area (Å²) in [6.45, 7) is 0. The van der Waals surface area contributed by atoms with Crippen LogP contribution in [-0.4, -0.2) is 19.1 Å². The van der Waals surface area contributed by atoms with Crippen molar-refractivity contribution in [2.24, 2.45) is 0 Å². The summed E-state index contributed by atoms with van der Waals surface area (Å²) in [5.74, 6) is -0.354. The van der Waals surface area contributed by atoms with Gasteiger partial charge in [0.1, 0.15) is 0 Å². The summed E-state index contributed by atoms with van der Waals surface area (Å²) in [6, 6.07) is 15.9. The number of carbonyl (C=O) groups excluding carboxylic acids is 2. The molecule has 0 bridgehead atoms. The lowest BCUT2D eigenvalue weighted by molar-refractivity contribution is -0.139. The molecule has 0 spiro atoms. The standard InChI is InChI=1S/C16H16N2O3/c1-21-15(19)11-12-7-5-6-10-14(12)18-16(20)17-13-8-3-2-4-9-13/h2-10H,11H2,1H3,(H2,17,18,20). The highest BCUT2D eigenvalue weighted by molar-refractivity contribution is 6.00. The lowest BCUT2D eigenvalue weighted by atomic mass is 10.1. The van der Waals surface area contributed by atoms with Crippen molar-refractivity contribution in [1.82, 2.24) is 0 Å². The van der Waals surface area contributed by atoms with Gasteiger partial charge in [0.05, 0.1) is 13.5 Å². The molecular weight excluding hydrogens is 268 g/mol. The molecule has 0 saturated carbocycles. The van der Waals surface area contributed by atoms with Crippen molar-refractivity contribution < 1.29 is 14.3 Å². The van der Waals surface area contributed by atoms with Crippen LogP contribution in [0.25, 0.3) is 0 Å². The molecule has 0 radical (unpaired) electrons. The van der Waals surface area contributed by atoms with E-state index in [4.69, 9.17) is 0 Å². The van der Waals surface area contributed by atoms with Crippen LogP contribution in [0.2, 0.25) is 0 Å². The van der Waals surface area contributed by atoms with E-state index in [-0.39, 0.29) is 18.4 Å². The van der Waals surface area contributed by atoms with Crippen LogP contribution in [0.4, 0.5) is 16.2 Å². The SMILES string of the molecule is COC(=O)Cc1ccccc1NC(=O)Nc1ccccc1. The van der Waals surface area contributed by atoms with Crippen LogP contribution >= 0.6 is 0 Å². The molecule has 0 aliphatic heterocycles. The zero-order valence-corrected chi connectivity index (χ0v) is 11.6. The number of carbonyl (C=O) groups is 2. The molecule has 0 fully saturated rings. The van der Waals surface area contributed by atoms with Gasteiger partial charge in [0, 0.05) is 11.4 Å². The van der Waals surface area contributed by atoms with Gasteiger partial charge in [0.25, 0.3) is 0 Å². The van der Waals surface area contributed by atoms with E-state index in [1.165, 1.54) is 7.11 Å². The number of esters is 1. The Balaban J connectivity index is 2.05. The van der Waals surface area contributed by atoms with Crippen molar-refractivity contribution in [3.05, 3.63) is 60.2 Å². The summed E-state index contributed by atoms with van der Waals surface area (Å²) >= 11 is 0. The fourth-order valence-electron chi connectivity index (χ4n) is 1.83. The Morgan fingerprint density at radius 1 is 0.952 bits per heavy atom. The molecule has 2 aromatic rings. The van der Waals surface area contributed by atoms with Gasteiger partial charge in [-0.15, -0.1) is 0 Å². The molecule has 0 aromatic heterocycles. The number of hydrogen-bond acceptors (Lipinski definition) is 3. The van der Waals surface area contributed by atoms with Crippen LogP contribution in [0.5, 0.6) is 0 Å². The third-order valence-electron chi connectivity index (χ3n) is 2.86. The number of anilines is 2. The van der Waals surface area contributed by atoms with Gasteiger partial charge in [-0.3, -0.25) is 4.79 Å². The van der Waals surface area contributed by atoms with E-state index in [0.717, 1.165) is 0 Å². The second kappa shape index (κ2) is 7.09. The number of urea groups is 1. The molecule has 0 aliphatic carbocycles. The van der Waals surface area contributed by atoms with Crippen LogP contribution in [0.1, 0.15) is 5.56 Å². The molecule has 2 amide bonds. The first kappa shape index (κ1) is 14.6. The Kier molecular flexibility index (Phi) is 4.93. The number of ether oxygens (including phenoxy) is 1. The molecule has 0 saturated heterocycles. The van der Waals surface area contributed by atoms with E-state index < -0.39 is 0 Å². The minimum absolute atomic E-state index is 0.109. The number of hydrogen-bond donors (Lipinski definition) is 2. The number of amides is 2. The van der Waals surface area contributed by atoms with E-state index in [1.807, 2.05) is 18.2 Å². The number of para-hydroxylation sites is 2. The summed E-state index contributed by atoms with van der Waals surface area (Å²) in [6.07, 6.45) is 0.109. The Morgan fingerprint density at radius 3 is 2.33 bits per heavy atom. The van der Waals surface area contributed by atoms with E-state index >= 15 is 0 Å². The molecule has 0 aliphatic rings. The van der Waals surface area contributed by atoms with Crippen LogP contribution in [0.3, 0.4) is 0 Å². The third kappa shape index (κ3) is 4.35. The van der Waals surface area contributed by atoms with Crippen LogP contribution < -0.4 is 10.6 Å². The molecule has 21 heavy (non-hydrogen) atoms. The van der Waals surface area contributed by atoms with Gasteiger partial charge in [0.15, 0.2) is 0 Å². The maximum Gasteiger partial charge on any atom is 0.323 e. The fraction of sp³-hybridized carbons (Fsp3) is 0.125. The van der Waals surface area contributed by atoms with Gasteiger partial charge in [-0.25, -0.2) is 4.79 Å². The van der Waals surface area contributed by atoms with Gasteiger partial charge < -0.3 is 15.4 Å². The van der Waals surface area contributed by atoms with Gasteiger partial charge in [-0.05, 0) is 23.8 Å². The molecule has 0 atom stereocenters. The molecule has 5 heteroatoms. The molecule has 0 heterocycles. The smallest absolute Gasteiger partial charge is 0.323 e. The van der Waals surface area contributed by atoms with Gasteiger partial charge in [0.2, 0.25) is 0 Å². The zero-order valence-electron chi connectivity index (χ0n) is 11.6. The van der Waals surface area contributed by atoms with E-state index in [1.54, 1.807) is 36.4 Å². The summed E-state index contributed by atoms with van der Waals surface area (Å²) in [4.78, 5) is 23.3. The zero-order chi connectivity index (χ0) is 15.1. The van der Waals surface area contributed by atoms with Gasteiger partial charge in [-0.1, -0.05) is 36.4 Å². The van der Waals surface area contributed by atoms with Crippen LogP contribution in [-0.2, 0) is 16.0 Å².